The summed E-state index contributed by atoms with van der Waals surface area (Å²) in [5.74, 6) is 1.26. The Bertz CT molecular complexity index is 590. The van der Waals surface area contributed by atoms with Gasteiger partial charge >= 0.3 is 5.97 Å². The second kappa shape index (κ2) is 5.27. The summed E-state index contributed by atoms with van der Waals surface area (Å²) in [7, 11) is 0. The van der Waals surface area contributed by atoms with Crippen LogP contribution in [-0.4, -0.2) is 45.6 Å². The van der Waals surface area contributed by atoms with E-state index in [1.807, 2.05) is 42.2 Å². The topological polar surface area (TPSA) is 56.3 Å². The van der Waals surface area contributed by atoms with Gasteiger partial charge in [-0.15, -0.1) is 0 Å². The van der Waals surface area contributed by atoms with Crippen LogP contribution < -0.4 is 0 Å². The Morgan fingerprint density at radius 1 is 1.32 bits per heavy atom. The number of aliphatic carboxylic acids is 1. The molecule has 100 valence electrons. The first-order valence-electron chi connectivity index (χ1n) is 6.37. The molecule has 2 aromatic rings. The monoisotopic (exact) mass is 276 g/mol. The van der Waals surface area contributed by atoms with Crippen LogP contribution in [0.1, 0.15) is 11.6 Å². The number of thioether (sulfide) groups is 1. The highest BCUT2D eigenvalue weighted by Crippen LogP contribution is 2.27. The van der Waals surface area contributed by atoms with Crippen LogP contribution in [0, 0.1) is 0 Å². The minimum Gasteiger partial charge on any atom is -0.480 e. The molecule has 0 radical (unpaired) electrons. The summed E-state index contributed by atoms with van der Waals surface area (Å²) in [6, 6.07) is 7.30. The molecule has 1 aliphatic rings. The first kappa shape index (κ1) is 12.6. The molecule has 1 fully saturated rings. The molecule has 1 aliphatic heterocycles. The van der Waals surface area contributed by atoms with Crippen LogP contribution in [0.2, 0.25) is 0 Å². The lowest BCUT2D eigenvalue weighted by atomic mass is 10.0. The smallest absolute Gasteiger partial charge is 0.325 e. The first-order valence-corrected chi connectivity index (χ1v) is 7.53. The molecule has 1 aromatic heterocycles. The number of nitrogens with zero attached hydrogens (tertiary/aromatic N) is 1. The fourth-order valence-corrected chi connectivity index (χ4v) is 3.52. The van der Waals surface area contributed by atoms with E-state index in [1.165, 1.54) is 0 Å². The molecule has 2 heterocycles. The fraction of sp³-hybridized carbons (Fsp3) is 0.357. The Hall–Kier alpha value is -1.46. The van der Waals surface area contributed by atoms with Crippen molar-refractivity contribution >= 4 is 28.6 Å². The van der Waals surface area contributed by atoms with Gasteiger partial charge in [0.15, 0.2) is 0 Å². The normalized spacial score (nSPS) is 18.5. The Balaban J connectivity index is 1.95. The van der Waals surface area contributed by atoms with Gasteiger partial charge in [-0.1, -0.05) is 6.07 Å². The zero-order valence-corrected chi connectivity index (χ0v) is 11.3. The van der Waals surface area contributed by atoms with Crippen molar-refractivity contribution in [3.63, 3.8) is 0 Å². The maximum Gasteiger partial charge on any atom is 0.325 e. The van der Waals surface area contributed by atoms with Gasteiger partial charge in [-0.2, -0.15) is 11.8 Å². The maximum atomic E-state index is 11.6. The highest BCUT2D eigenvalue weighted by molar-refractivity contribution is 7.99. The third-order valence-electron chi connectivity index (χ3n) is 3.54. The van der Waals surface area contributed by atoms with Crippen LogP contribution in [0.3, 0.4) is 0 Å². The number of rotatable bonds is 3. The number of fused-ring (bicyclic) bond motifs is 1. The lowest BCUT2D eigenvalue weighted by molar-refractivity contribution is -0.143. The zero-order valence-electron chi connectivity index (χ0n) is 10.5. The van der Waals surface area contributed by atoms with Crippen molar-refractivity contribution in [1.29, 1.82) is 0 Å². The average molecular weight is 276 g/mol. The van der Waals surface area contributed by atoms with E-state index in [1.54, 1.807) is 0 Å². The first-order chi connectivity index (χ1) is 9.25. The van der Waals surface area contributed by atoms with Gasteiger partial charge in [0.05, 0.1) is 0 Å². The van der Waals surface area contributed by atoms with Crippen LogP contribution in [-0.2, 0) is 4.79 Å². The lowest BCUT2D eigenvalue weighted by Crippen LogP contribution is -2.39. The third-order valence-corrected chi connectivity index (χ3v) is 4.48. The largest absolute Gasteiger partial charge is 0.480 e. The Morgan fingerprint density at radius 3 is 2.84 bits per heavy atom. The van der Waals surface area contributed by atoms with Gasteiger partial charge < -0.3 is 10.1 Å². The summed E-state index contributed by atoms with van der Waals surface area (Å²) in [5.41, 5.74) is 1.91. The predicted octanol–water partition coefficient (Wildman–Crippen LogP) is 2.34. The molecule has 0 spiro atoms. The molecule has 1 unspecified atom stereocenters. The van der Waals surface area contributed by atoms with Crippen LogP contribution in [0.15, 0.2) is 30.5 Å². The van der Waals surface area contributed by atoms with E-state index in [0.29, 0.717) is 0 Å². The average Bonchev–Trinajstić information content (AvgIpc) is 2.87. The van der Waals surface area contributed by atoms with Gasteiger partial charge in [0.2, 0.25) is 0 Å². The van der Waals surface area contributed by atoms with E-state index in [4.69, 9.17) is 0 Å². The molecule has 4 nitrogen and oxygen atoms in total. The number of aromatic nitrogens is 1. The minimum atomic E-state index is -0.762. The third kappa shape index (κ3) is 2.48. The summed E-state index contributed by atoms with van der Waals surface area (Å²) in [4.78, 5) is 16.8. The van der Waals surface area contributed by atoms with Gasteiger partial charge in [-0.05, 0) is 29.1 Å². The molecular formula is C14H16N2O2S. The van der Waals surface area contributed by atoms with E-state index in [-0.39, 0.29) is 0 Å². The van der Waals surface area contributed by atoms with Crippen LogP contribution in [0.5, 0.6) is 0 Å². The number of carboxylic acids is 1. The quantitative estimate of drug-likeness (QED) is 0.903. The SMILES string of the molecule is O=C(O)C(c1ccc2[nH]ccc2c1)N1CCSCC1. The van der Waals surface area contributed by atoms with Crippen LogP contribution in [0.25, 0.3) is 10.9 Å². The number of hydrogen-bond acceptors (Lipinski definition) is 3. The number of aromatic amines is 1. The van der Waals surface area contributed by atoms with E-state index in [0.717, 1.165) is 41.1 Å². The van der Waals surface area contributed by atoms with E-state index < -0.39 is 12.0 Å². The van der Waals surface area contributed by atoms with Crippen molar-refractivity contribution in [2.45, 2.75) is 6.04 Å². The van der Waals surface area contributed by atoms with Crippen molar-refractivity contribution in [2.24, 2.45) is 0 Å². The Morgan fingerprint density at radius 2 is 2.11 bits per heavy atom. The van der Waals surface area contributed by atoms with E-state index in [9.17, 15) is 9.90 Å². The predicted molar refractivity (Wildman–Crippen MR) is 77.6 cm³/mol. The zero-order chi connectivity index (χ0) is 13.2. The maximum absolute atomic E-state index is 11.6. The van der Waals surface area contributed by atoms with E-state index in [2.05, 4.69) is 9.88 Å². The molecule has 0 aliphatic carbocycles. The standard InChI is InChI=1S/C14H16N2O2S/c17-14(18)13(16-5-7-19-8-6-16)11-1-2-12-10(9-11)3-4-15-12/h1-4,9,13,15H,5-8H2,(H,17,18). The molecular weight excluding hydrogens is 260 g/mol. The summed E-state index contributed by atoms with van der Waals surface area (Å²) in [6.07, 6.45) is 1.88. The van der Waals surface area contributed by atoms with Gasteiger partial charge in [-0.25, -0.2) is 0 Å². The van der Waals surface area contributed by atoms with Crippen molar-refractivity contribution in [1.82, 2.24) is 9.88 Å². The van der Waals surface area contributed by atoms with Gasteiger partial charge in [0.1, 0.15) is 6.04 Å². The molecule has 0 amide bonds. The Kier molecular flexibility index (Phi) is 3.48. The molecule has 5 heteroatoms. The van der Waals surface area contributed by atoms with Crippen molar-refractivity contribution < 1.29 is 9.90 Å². The lowest BCUT2D eigenvalue weighted by Gasteiger charge is -2.31. The minimum absolute atomic E-state index is 0.528. The number of H-pyrrole nitrogens is 1. The molecule has 1 saturated heterocycles. The van der Waals surface area contributed by atoms with Crippen molar-refractivity contribution in [2.75, 3.05) is 24.6 Å². The second-order valence-corrected chi connectivity index (χ2v) is 5.94. The number of hydrogen-bond donors (Lipinski definition) is 2. The molecule has 3 rings (SSSR count). The van der Waals surface area contributed by atoms with Crippen LogP contribution in [0.4, 0.5) is 0 Å². The molecule has 2 N–H and O–H groups in total. The van der Waals surface area contributed by atoms with Gasteiger partial charge in [-0.3, -0.25) is 9.69 Å². The van der Waals surface area contributed by atoms with Gasteiger partial charge in [0, 0.05) is 36.3 Å². The fourth-order valence-electron chi connectivity index (χ4n) is 2.59. The number of nitrogens with one attached hydrogen (secondary N) is 1. The summed E-state index contributed by atoms with van der Waals surface area (Å²) < 4.78 is 0. The summed E-state index contributed by atoms with van der Waals surface area (Å²) >= 11 is 1.89. The van der Waals surface area contributed by atoms with E-state index >= 15 is 0 Å². The highest BCUT2D eigenvalue weighted by Gasteiger charge is 2.28. The van der Waals surface area contributed by atoms with Gasteiger partial charge in [0.25, 0.3) is 0 Å². The molecule has 19 heavy (non-hydrogen) atoms. The van der Waals surface area contributed by atoms with Crippen LogP contribution >= 0.6 is 11.8 Å². The number of carbonyl (C=O) groups is 1. The second-order valence-electron chi connectivity index (χ2n) is 4.71. The molecule has 0 bridgehead atoms. The molecule has 0 saturated carbocycles. The van der Waals surface area contributed by atoms with Crippen molar-refractivity contribution in [3.8, 4) is 0 Å². The van der Waals surface area contributed by atoms with Crippen molar-refractivity contribution in [3.05, 3.63) is 36.0 Å². The molecule has 1 aromatic carbocycles. The number of benzene rings is 1. The highest BCUT2D eigenvalue weighted by atomic mass is 32.2. The Labute approximate surface area is 115 Å². The summed E-state index contributed by atoms with van der Waals surface area (Å²) in [6.45, 7) is 1.68. The molecule has 1 atom stereocenters. The summed E-state index contributed by atoms with van der Waals surface area (Å²) in [5, 5.41) is 10.6. The number of carboxylic acid groups (broad SMARTS) is 1.